The number of carboxylic acids is 1. The molecule has 3 N–H and O–H groups in total. The molecule has 0 spiro atoms. The zero-order chi connectivity index (χ0) is 11.4. The molecule has 0 saturated carbocycles. The third kappa shape index (κ3) is 4.23. The summed E-state index contributed by atoms with van der Waals surface area (Å²) in [5.74, 6) is -1.59. The van der Waals surface area contributed by atoms with Crippen molar-refractivity contribution in [2.45, 2.75) is 45.3 Å². The number of hydrogen-bond donors (Lipinski definition) is 3. The Bertz CT molecular complexity index is 219. The van der Waals surface area contributed by atoms with Gasteiger partial charge in [0.25, 0.3) is 0 Å². The van der Waals surface area contributed by atoms with Crippen molar-refractivity contribution in [3.05, 3.63) is 0 Å². The van der Waals surface area contributed by atoms with E-state index >= 15 is 0 Å². The number of carbonyl (C=O) groups excluding carboxylic acids is 1. The molecule has 0 aromatic carbocycles. The third-order valence-electron chi connectivity index (χ3n) is 1.74. The fourth-order valence-corrected chi connectivity index (χ4v) is 1.00. The molecule has 0 heterocycles. The SMILES string of the molecule is CCCC(=O)N[C@H](C(=O)O)C(C)(C)O. The summed E-state index contributed by atoms with van der Waals surface area (Å²) in [7, 11) is 0. The molecule has 0 radical (unpaired) electrons. The lowest BCUT2D eigenvalue weighted by Gasteiger charge is -2.26. The predicted octanol–water partition coefficient (Wildman–Crippen LogP) is 0.127. The summed E-state index contributed by atoms with van der Waals surface area (Å²) in [5.41, 5.74) is -1.46. The monoisotopic (exact) mass is 203 g/mol. The Morgan fingerprint density at radius 1 is 1.43 bits per heavy atom. The highest BCUT2D eigenvalue weighted by Crippen LogP contribution is 2.09. The molecule has 0 fully saturated rings. The van der Waals surface area contributed by atoms with Gasteiger partial charge in [-0.05, 0) is 20.3 Å². The second kappa shape index (κ2) is 4.95. The Kier molecular flexibility index (Phi) is 4.56. The molecule has 0 aliphatic heterocycles. The van der Waals surface area contributed by atoms with Gasteiger partial charge >= 0.3 is 5.97 Å². The molecular weight excluding hydrogens is 186 g/mol. The van der Waals surface area contributed by atoms with Crippen molar-refractivity contribution in [1.82, 2.24) is 5.32 Å². The lowest BCUT2D eigenvalue weighted by Crippen LogP contribution is -2.54. The molecule has 0 unspecified atom stereocenters. The van der Waals surface area contributed by atoms with Crippen molar-refractivity contribution in [1.29, 1.82) is 0 Å². The molecule has 0 aromatic rings. The smallest absolute Gasteiger partial charge is 0.329 e. The molecule has 0 bridgehead atoms. The van der Waals surface area contributed by atoms with Crippen LogP contribution in [-0.2, 0) is 9.59 Å². The average Bonchev–Trinajstić information content (AvgIpc) is 1.98. The van der Waals surface area contributed by atoms with Crippen molar-refractivity contribution >= 4 is 11.9 Å². The normalized spacial score (nSPS) is 13.4. The first-order valence-electron chi connectivity index (χ1n) is 4.53. The summed E-state index contributed by atoms with van der Waals surface area (Å²) >= 11 is 0. The van der Waals surface area contributed by atoms with E-state index < -0.39 is 17.6 Å². The first-order valence-corrected chi connectivity index (χ1v) is 4.53. The minimum atomic E-state index is -1.46. The first-order chi connectivity index (χ1) is 6.29. The minimum Gasteiger partial charge on any atom is -0.480 e. The summed E-state index contributed by atoms with van der Waals surface area (Å²) < 4.78 is 0. The van der Waals surface area contributed by atoms with Crippen molar-refractivity contribution in [3.8, 4) is 0 Å². The third-order valence-corrected chi connectivity index (χ3v) is 1.74. The Balaban J connectivity index is 4.40. The Morgan fingerprint density at radius 2 is 1.93 bits per heavy atom. The van der Waals surface area contributed by atoms with E-state index in [-0.39, 0.29) is 12.3 Å². The number of carboxylic acid groups (broad SMARTS) is 1. The largest absolute Gasteiger partial charge is 0.480 e. The number of aliphatic hydroxyl groups is 1. The van der Waals surface area contributed by atoms with Crippen LogP contribution in [-0.4, -0.2) is 33.7 Å². The molecular formula is C9H17NO4. The van der Waals surface area contributed by atoms with E-state index in [0.717, 1.165) is 0 Å². The van der Waals surface area contributed by atoms with Gasteiger partial charge in [-0.3, -0.25) is 4.79 Å². The summed E-state index contributed by atoms with van der Waals surface area (Å²) in [6, 6.07) is -1.26. The van der Waals surface area contributed by atoms with Crippen LogP contribution in [0.4, 0.5) is 0 Å². The quantitative estimate of drug-likeness (QED) is 0.592. The lowest BCUT2D eigenvalue weighted by molar-refractivity contribution is -0.148. The van der Waals surface area contributed by atoms with Gasteiger partial charge < -0.3 is 15.5 Å². The van der Waals surface area contributed by atoms with Gasteiger partial charge in [-0.15, -0.1) is 0 Å². The molecule has 5 nitrogen and oxygen atoms in total. The number of rotatable bonds is 5. The van der Waals surface area contributed by atoms with E-state index in [1.165, 1.54) is 13.8 Å². The number of carbonyl (C=O) groups is 2. The first kappa shape index (κ1) is 12.9. The number of aliphatic carboxylic acids is 1. The van der Waals surface area contributed by atoms with Gasteiger partial charge in [-0.1, -0.05) is 6.92 Å². The zero-order valence-corrected chi connectivity index (χ0v) is 8.70. The Hall–Kier alpha value is -1.10. The van der Waals surface area contributed by atoms with Crippen molar-refractivity contribution in [2.24, 2.45) is 0 Å². The topological polar surface area (TPSA) is 86.6 Å². The predicted molar refractivity (Wildman–Crippen MR) is 50.8 cm³/mol. The van der Waals surface area contributed by atoms with Gasteiger partial charge in [-0.25, -0.2) is 4.79 Å². The molecule has 5 heteroatoms. The van der Waals surface area contributed by atoms with E-state index in [0.29, 0.717) is 6.42 Å². The van der Waals surface area contributed by atoms with Crippen LogP contribution >= 0.6 is 0 Å². The molecule has 1 amide bonds. The van der Waals surface area contributed by atoms with Gasteiger partial charge in [0.05, 0.1) is 5.60 Å². The maximum absolute atomic E-state index is 11.1. The van der Waals surface area contributed by atoms with E-state index in [1.54, 1.807) is 0 Å². The summed E-state index contributed by atoms with van der Waals surface area (Å²) in [6.45, 7) is 4.51. The van der Waals surface area contributed by atoms with Crippen molar-refractivity contribution in [2.75, 3.05) is 0 Å². The van der Waals surface area contributed by atoms with Gasteiger partial charge in [0, 0.05) is 6.42 Å². The molecule has 0 aliphatic carbocycles. The zero-order valence-electron chi connectivity index (χ0n) is 8.70. The van der Waals surface area contributed by atoms with Gasteiger partial charge in [0.15, 0.2) is 6.04 Å². The van der Waals surface area contributed by atoms with E-state index in [9.17, 15) is 14.7 Å². The molecule has 14 heavy (non-hydrogen) atoms. The van der Waals surface area contributed by atoms with Crippen LogP contribution < -0.4 is 5.32 Å². The van der Waals surface area contributed by atoms with Gasteiger partial charge in [0.1, 0.15) is 0 Å². The van der Waals surface area contributed by atoms with Crippen LogP contribution in [0.25, 0.3) is 0 Å². The van der Waals surface area contributed by atoms with Crippen LogP contribution in [0.15, 0.2) is 0 Å². The number of nitrogens with one attached hydrogen (secondary N) is 1. The van der Waals surface area contributed by atoms with Crippen LogP contribution in [0.2, 0.25) is 0 Å². The molecule has 0 aromatic heterocycles. The van der Waals surface area contributed by atoms with Crippen LogP contribution in [0.3, 0.4) is 0 Å². The lowest BCUT2D eigenvalue weighted by atomic mass is 9.99. The molecule has 0 saturated heterocycles. The highest BCUT2D eigenvalue weighted by Gasteiger charge is 2.34. The number of amides is 1. The van der Waals surface area contributed by atoms with E-state index in [1.807, 2.05) is 6.92 Å². The maximum atomic E-state index is 11.1. The standard InChI is InChI=1S/C9H17NO4/c1-4-5-6(11)10-7(8(12)13)9(2,3)14/h7,14H,4-5H2,1-3H3,(H,10,11)(H,12,13)/t7-/m1/s1. The minimum absolute atomic E-state index is 0.264. The van der Waals surface area contributed by atoms with Crippen LogP contribution in [0.1, 0.15) is 33.6 Å². The Morgan fingerprint density at radius 3 is 2.21 bits per heavy atom. The summed E-state index contributed by atoms with van der Waals surface area (Å²) in [5, 5.41) is 20.5. The fraction of sp³-hybridized carbons (Fsp3) is 0.778. The number of hydrogen-bond acceptors (Lipinski definition) is 3. The van der Waals surface area contributed by atoms with E-state index in [4.69, 9.17) is 5.11 Å². The maximum Gasteiger partial charge on any atom is 0.329 e. The Labute approximate surface area is 83.1 Å². The molecule has 1 atom stereocenters. The highest BCUT2D eigenvalue weighted by molar-refractivity contribution is 5.84. The fourth-order valence-electron chi connectivity index (χ4n) is 1.00. The van der Waals surface area contributed by atoms with Crippen LogP contribution in [0.5, 0.6) is 0 Å². The molecule has 82 valence electrons. The second-order valence-electron chi connectivity index (χ2n) is 3.74. The summed E-state index contributed by atoms with van der Waals surface area (Å²) in [6.07, 6.45) is 0.907. The highest BCUT2D eigenvalue weighted by atomic mass is 16.4. The van der Waals surface area contributed by atoms with Gasteiger partial charge in [0.2, 0.25) is 5.91 Å². The average molecular weight is 203 g/mol. The van der Waals surface area contributed by atoms with Crippen molar-refractivity contribution < 1.29 is 19.8 Å². The van der Waals surface area contributed by atoms with Crippen LogP contribution in [0, 0.1) is 0 Å². The van der Waals surface area contributed by atoms with Gasteiger partial charge in [-0.2, -0.15) is 0 Å². The molecule has 0 rings (SSSR count). The van der Waals surface area contributed by atoms with E-state index in [2.05, 4.69) is 5.32 Å². The molecule has 0 aliphatic rings. The second-order valence-corrected chi connectivity index (χ2v) is 3.74. The van der Waals surface area contributed by atoms with Crippen molar-refractivity contribution in [3.63, 3.8) is 0 Å². The summed E-state index contributed by atoms with van der Waals surface area (Å²) in [4.78, 5) is 21.8.